The Kier molecular flexibility index (Phi) is 7.39. The summed E-state index contributed by atoms with van der Waals surface area (Å²) in [5, 5.41) is 2.26. The Hall–Kier alpha value is -2.87. The Balaban J connectivity index is 2.49. The first-order valence-electron chi connectivity index (χ1n) is 9.20. The largest absolute Gasteiger partial charge is 0.465 e. The monoisotopic (exact) mass is 425 g/mol. The van der Waals surface area contributed by atoms with Crippen molar-refractivity contribution in [1.29, 1.82) is 0 Å². The summed E-state index contributed by atoms with van der Waals surface area (Å²) in [6, 6.07) is 6.26. The number of ether oxygens (including phenoxy) is 2. The highest BCUT2D eigenvalue weighted by Crippen LogP contribution is 2.59. The van der Waals surface area contributed by atoms with Gasteiger partial charge in [0.1, 0.15) is 13.1 Å². The first-order chi connectivity index (χ1) is 13.8. The van der Waals surface area contributed by atoms with Gasteiger partial charge in [-0.2, -0.15) is 0 Å². The first kappa shape index (κ1) is 22.4. The van der Waals surface area contributed by atoms with Crippen molar-refractivity contribution >= 4 is 36.6 Å². The normalized spacial score (nSPS) is 18.1. The van der Waals surface area contributed by atoms with Crippen molar-refractivity contribution in [3.8, 4) is 0 Å². The number of carbonyl (C=O) groups is 4. The number of para-hydroxylation sites is 1. The summed E-state index contributed by atoms with van der Waals surface area (Å²) in [6.07, 6.45) is 0. The average Bonchev–Trinajstić information content (AvgIpc) is 2.70. The smallest absolute Gasteiger partial charge is 0.351 e. The highest BCUT2D eigenvalue weighted by molar-refractivity contribution is 7.80. The standard InChI is InChI=1S/C18H24N3O7P/c1-4-20-17(24)13-9-7-8-10-14(13)21(12-16(23)28-6-3)29(20,26)18(25)19-11-15(22)27-5-2/h7-10H,4-6,11-12H2,1-3H3,(H,19,25). The van der Waals surface area contributed by atoms with Crippen LogP contribution in [0, 0.1) is 0 Å². The Labute approximate surface area is 168 Å². The van der Waals surface area contributed by atoms with Crippen molar-refractivity contribution in [2.45, 2.75) is 20.8 Å². The van der Waals surface area contributed by atoms with Crippen LogP contribution in [0.25, 0.3) is 0 Å². The van der Waals surface area contributed by atoms with Gasteiger partial charge in [-0.15, -0.1) is 0 Å². The lowest BCUT2D eigenvalue weighted by molar-refractivity contribution is -0.142. The maximum absolute atomic E-state index is 14.0. The van der Waals surface area contributed by atoms with Crippen molar-refractivity contribution < 1.29 is 33.2 Å². The van der Waals surface area contributed by atoms with Gasteiger partial charge in [0.05, 0.1) is 24.5 Å². The number of nitrogens with one attached hydrogen (secondary N) is 1. The second-order valence-electron chi connectivity index (χ2n) is 5.91. The number of hydrogen-bond donors (Lipinski definition) is 1. The summed E-state index contributed by atoms with van der Waals surface area (Å²) < 4.78 is 25.7. The molecule has 0 spiro atoms. The van der Waals surface area contributed by atoms with E-state index in [-0.39, 0.29) is 31.0 Å². The van der Waals surface area contributed by atoms with Crippen LogP contribution >= 0.6 is 7.44 Å². The molecule has 0 aliphatic carbocycles. The summed E-state index contributed by atoms with van der Waals surface area (Å²) in [5.41, 5.74) is -0.646. The van der Waals surface area contributed by atoms with E-state index in [2.05, 4.69) is 5.32 Å². The average molecular weight is 425 g/mol. The number of fused-ring (bicyclic) bond motifs is 1. The Bertz CT molecular complexity index is 858. The minimum absolute atomic E-state index is 0.0450. The summed E-state index contributed by atoms with van der Waals surface area (Å²) >= 11 is 0. The molecule has 1 unspecified atom stereocenters. The van der Waals surface area contributed by atoms with E-state index in [4.69, 9.17) is 9.47 Å². The number of anilines is 1. The van der Waals surface area contributed by atoms with Gasteiger partial charge < -0.3 is 14.8 Å². The number of rotatable bonds is 8. The molecule has 1 N–H and O–H groups in total. The number of esters is 2. The fraction of sp³-hybridized carbons (Fsp3) is 0.444. The molecule has 11 heteroatoms. The van der Waals surface area contributed by atoms with Crippen molar-refractivity contribution in [2.75, 3.05) is 37.5 Å². The molecule has 158 valence electrons. The number of benzene rings is 1. The van der Waals surface area contributed by atoms with Gasteiger partial charge in [-0.3, -0.25) is 33.1 Å². The van der Waals surface area contributed by atoms with Gasteiger partial charge in [-0.1, -0.05) is 12.1 Å². The lowest BCUT2D eigenvalue weighted by Gasteiger charge is -2.42. The third-order valence-corrected chi connectivity index (χ3v) is 6.96. The molecule has 1 aliphatic heterocycles. The highest BCUT2D eigenvalue weighted by atomic mass is 31.2. The molecule has 2 amide bonds. The zero-order valence-electron chi connectivity index (χ0n) is 16.5. The summed E-state index contributed by atoms with van der Waals surface area (Å²) in [5.74, 6) is -2.01. The third kappa shape index (κ3) is 4.42. The highest BCUT2D eigenvalue weighted by Gasteiger charge is 2.52. The lowest BCUT2D eigenvalue weighted by Crippen LogP contribution is -2.48. The van der Waals surface area contributed by atoms with Crippen molar-refractivity contribution in [1.82, 2.24) is 9.99 Å². The van der Waals surface area contributed by atoms with E-state index in [1.807, 2.05) is 0 Å². The second-order valence-corrected chi connectivity index (χ2v) is 8.37. The molecule has 0 bridgehead atoms. The second kappa shape index (κ2) is 9.56. The molecular weight excluding hydrogens is 401 g/mol. The van der Waals surface area contributed by atoms with E-state index in [0.717, 1.165) is 9.34 Å². The van der Waals surface area contributed by atoms with Gasteiger partial charge >= 0.3 is 25.0 Å². The molecule has 1 heterocycles. The molecule has 1 aromatic rings. The Morgan fingerprint density at radius 2 is 1.62 bits per heavy atom. The van der Waals surface area contributed by atoms with Gasteiger partial charge in [0.15, 0.2) is 0 Å². The lowest BCUT2D eigenvalue weighted by atomic mass is 10.1. The molecule has 0 saturated carbocycles. The van der Waals surface area contributed by atoms with Crippen LogP contribution in [0.15, 0.2) is 24.3 Å². The fourth-order valence-electron chi connectivity index (χ4n) is 2.95. The van der Waals surface area contributed by atoms with Crippen LogP contribution in [0.5, 0.6) is 0 Å². The Morgan fingerprint density at radius 1 is 1.00 bits per heavy atom. The van der Waals surface area contributed by atoms with E-state index in [9.17, 15) is 23.7 Å². The molecule has 1 aliphatic rings. The first-order valence-corrected chi connectivity index (χ1v) is 10.8. The van der Waals surface area contributed by atoms with Crippen LogP contribution in [-0.2, 0) is 23.6 Å². The van der Waals surface area contributed by atoms with Crippen LogP contribution in [-0.4, -0.2) is 61.0 Å². The number of nitrogens with zero attached hydrogens (tertiary/aromatic N) is 2. The van der Waals surface area contributed by atoms with Crippen molar-refractivity contribution in [3.05, 3.63) is 29.8 Å². The molecule has 29 heavy (non-hydrogen) atoms. The molecule has 0 saturated heterocycles. The van der Waals surface area contributed by atoms with Crippen LogP contribution in [0.1, 0.15) is 31.1 Å². The topological polar surface area (TPSA) is 122 Å². The third-order valence-electron chi connectivity index (χ3n) is 4.14. The predicted molar refractivity (Wildman–Crippen MR) is 105 cm³/mol. The minimum Gasteiger partial charge on any atom is -0.465 e. The van der Waals surface area contributed by atoms with Gasteiger partial charge in [-0.05, 0) is 32.9 Å². The minimum atomic E-state index is -4.31. The fourth-order valence-corrected chi connectivity index (χ4v) is 5.44. The Morgan fingerprint density at radius 3 is 2.24 bits per heavy atom. The summed E-state index contributed by atoms with van der Waals surface area (Å²) in [6.45, 7) is 3.96. The van der Waals surface area contributed by atoms with E-state index < -0.39 is 44.0 Å². The van der Waals surface area contributed by atoms with Crippen LogP contribution in [0.2, 0.25) is 0 Å². The summed E-state index contributed by atoms with van der Waals surface area (Å²) in [7, 11) is -4.31. The van der Waals surface area contributed by atoms with Crippen LogP contribution < -0.4 is 9.99 Å². The van der Waals surface area contributed by atoms with Gasteiger partial charge in [0.2, 0.25) is 0 Å². The van der Waals surface area contributed by atoms with Gasteiger partial charge in [0, 0.05) is 6.54 Å². The maximum atomic E-state index is 14.0. The molecular formula is C18H24N3O7P. The van der Waals surface area contributed by atoms with Crippen molar-refractivity contribution in [2.24, 2.45) is 0 Å². The van der Waals surface area contributed by atoms with Gasteiger partial charge in [0.25, 0.3) is 5.91 Å². The van der Waals surface area contributed by atoms with Gasteiger partial charge in [-0.25, -0.2) is 0 Å². The molecule has 10 nitrogen and oxygen atoms in total. The molecule has 1 atom stereocenters. The molecule has 0 radical (unpaired) electrons. The van der Waals surface area contributed by atoms with E-state index in [1.165, 1.54) is 12.1 Å². The zero-order valence-corrected chi connectivity index (χ0v) is 17.4. The van der Waals surface area contributed by atoms with E-state index >= 15 is 0 Å². The number of carbonyl (C=O) groups excluding carboxylic acids is 4. The predicted octanol–water partition coefficient (Wildman–Crippen LogP) is 2.00. The zero-order chi connectivity index (χ0) is 21.6. The summed E-state index contributed by atoms with van der Waals surface area (Å²) in [4.78, 5) is 49.6. The number of amides is 2. The number of hydrogen-bond acceptors (Lipinski definition) is 7. The van der Waals surface area contributed by atoms with Crippen LogP contribution in [0.3, 0.4) is 0 Å². The van der Waals surface area contributed by atoms with Crippen LogP contribution in [0.4, 0.5) is 10.5 Å². The van der Waals surface area contributed by atoms with E-state index in [0.29, 0.717) is 0 Å². The molecule has 0 aromatic heterocycles. The van der Waals surface area contributed by atoms with Crippen molar-refractivity contribution in [3.63, 3.8) is 0 Å². The molecule has 1 aromatic carbocycles. The molecule has 2 rings (SSSR count). The quantitative estimate of drug-likeness (QED) is 0.496. The SMILES string of the molecule is CCOC(=O)CNC(=O)P1(=O)N(CC)C(=O)c2ccccc2N1CC(=O)OCC. The molecule has 0 fully saturated rings. The maximum Gasteiger partial charge on any atom is 0.351 e. The van der Waals surface area contributed by atoms with E-state index in [1.54, 1.807) is 32.9 Å².